The smallest absolute Gasteiger partial charge is 0.0911 e. The van der Waals surface area contributed by atoms with E-state index in [1.165, 1.54) is 0 Å². The SMILES string of the molecule is CC1CCC(O)(c2cc(Cl)ccc2Cl)CC1. The van der Waals surface area contributed by atoms with Crippen molar-refractivity contribution < 1.29 is 5.11 Å². The molecular weight excluding hydrogens is 243 g/mol. The summed E-state index contributed by atoms with van der Waals surface area (Å²) in [5.41, 5.74) is 0.00247. The lowest BCUT2D eigenvalue weighted by Crippen LogP contribution is -2.31. The summed E-state index contributed by atoms with van der Waals surface area (Å²) in [5, 5.41) is 11.9. The van der Waals surface area contributed by atoms with Crippen molar-refractivity contribution in [3.05, 3.63) is 33.8 Å². The average Bonchev–Trinajstić information content (AvgIpc) is 2.26. The van der Waals surface area contributed by atoms with E-state index >= 15 is 0 Å². The molecule has 3 heteroatoms. The van der Waals surface area contributed by atoms with Gasteiger partial charge in [-0.1, -0.05) is 30.1 Å². The lowest BCUT2D eigenvalue weighted by molar-refractivity contribution is -0.0119. The van der Waals surface area contributed by atoms with Gasteiger partial charge in [0, 0.05) is 15.6 Å². The lowest BCUT2D eigenvalue weighted by Gasteiger charge is -2.35. The third kappa shape index (κ3) is 2.37. The minimum Gasteiger partial charge on any atom is -0.385 e. The topological polar surface area (TPSA) is 20.2 Å². The van der Waals surface area contributed by atoms with Crippen molar-refractivity contribution in [3.63, 3.8) is 0 Å². The lowest BCUT2D eigenvalue weighted by atomic mass is 9.76. The highest BCUT2D eigenvalue weighted by atomic mass is 35.5. The highest BCUT2D eigenvalue weighted by molar-refractivity contribution is 6.33. The van der Waals surface area contributed by atoms with Crippen molar-refractivity contribution in [2.45, 2.75) is 38.2 Å². The first-order valence-electron chi connectivity index (χ1n) is 5.69. The molecule has 0 saturated heterocycles. The van der Waals surface area contributed by atoms with Crippen LogP contribution >= 0.6 is 23.2 Å². The van der Waals surface area contributed by atoms with Crippen LogP contribution in [0.3, 0.4) is 0 Å². The number of aliphatic hydroxyl groups is 1. The summed E-state index contributed by atoms with van der Waals surface area (Å²) in [6.45, 7) is 2.22. The van der Waals surface area contributed by atoms with Crippen LogP contribution in [0, 0.1) is 5.92 Å². The molecule has 16 heavy (non-hydrogen) atoms. The molecule has 0 unspecified atom stereocenters. The molecule has 0 atom stereocenters. The Balaban J connectivity index is 2.32. The largest absolute Gasteiger partial charge is 0.385 e. The van der Waals surface area contributed by atoms with Crippen molar-refractivity contribution in [1.82, 2.24) is 0 Å². The molecule has 1 saturated carbocycles. The Hall–Kier alpha value is -0.240. The van der Waals surface area contributed by atoms with E-state index in [0.717, 1.165) is 31.2 Å². The highest BCUT2D eigenvalue weighted by Gasteiger charge is 2.35. The molecule has 0 radical (unpaired) electrons. The zero-order chi connectivity index (χ0) is 11.8. The van der Waals surface area contributed by atoms with Crippen molar-refractivity contribution >= 4 is 23.2 Å². The summed E-state index contributed by atoms with van der Waals surface area (Å²) >= 11 is 12.1. The Bertz CT molecular complexity index is 382. The molecule has 0 aliphatic heterocycles. The van der Waals surface area contributed by atoms with Gasteiger partial charge in [-0.05, 0) is 49.8 Å². The van der Waals surface area contributed by atoms with Gasteiger partial charge in [-0.15, -0.1) is 0 Å². The van der Waals surface area contributed by atoms with Gasteiger partial charge in [0.05, 0.1) is 5.60 Å². The fourth-order valence-corrected chi connectivity index (χ4v) is 2.83. The van der Waals surface area contributed by atoms with Crippen LogP contribution in [0.1, 0.15) is 38.2 Å². The molecule has 0 bridgehead atoms. The molecule has 0 aromatic heterocycles. The second-order valence-corrected chi connectivity index (χ2v) is 5.68. The Morgan fingerprint density at radius 2 is 1.88 bits per heavy atom. The van der Waals surface area contributed by atoms with Gasteiger partial charge in [-0.2, -0.15) is 0 Å². The van der Waals surface area contributed by atoms with Crippen LogP contribution in [0.2, 0.25) is 10.0 Å². The van der Waals surface area contributed by atoms with Crippen LogP contribution < -0.4 is 0 Å². The normalized spacial score (nSPS) is 30.4. The van der Waals surface area contributed by atoms with Crippen LogP contribution in [-0.4, -0.2) is 5.11 Å². The van der Waals surface area contributed by atoms with Gasteiger partial charge < -0.3 is 5.11 Å². The first-order chi connectivity index (χ1) is 7.51. The van der Waals surface area contributed by atoms with Gasteiger partial charge in [0.1, 0.15) is 0 Å². The molecule has 88 valence electrons. The van der Waals surface area contributed by atoms with Crippen LogP contribution in [-0.2, 0) is 5.60 Å². The van der Waals surface area contributed by atoms with E-state index in [1.54, 1.807) is 18.2 Å². The zero-order valence-electron chi connectivity index (χ0n) is 9.34. The number of benzene rings is 1. The molecule has 0 heterocycles. The van der Waals surface area contributed by atoms with E-state index in [-0.39, 0.29) is 0 Å². The van der Waals surface area contributed by atoms with Crippen molar-refractivity contribution in [2.24, 2.45) is 5.92 Å². The Morgan fingerprint density at radius 1 is 1.25 bits per heavy atom. The van der Waals surface area contributed by atoms with Gasteiger partial charge in [0.25, 0.3) is 0 Å². The quantitative estimate of drug-likeness (QED) is 0.792. The first kappa shape index (κ1) is 12.2. The maximum atomic E-state index is 10.6. The molecule has 1 N–H and O–H groups in total. The number of halogens is 2. The van der Waals surface area contributed by atoms with E-state index in [9.17, 15) is 5.11 Å². The van der Waals surface area contributed by atoms with E-state index in [2.05, 4.69) is 6.92 Å². The molecule has 1 nitrogen and oxygen atoms in total. The Labute approximate surface area is 106 Å². The molecule has 1 aliphatic rings. The summed E-state index contributed by atoms with van der Waals surface area (Å²) in [6.07, 6.45) is 3.63. The molecule has 2 rings (SSSR count). The van der Waals surface area contributed by atoms with E-state index in [1.807, 2.05) is 0 Å². The fourth-order valence-electron chi connectivity index (χ4n) is 2.36. The molecule has 0 spiro atoms. The highest BCUT2D eigenvalue weighted by Crippen LogP contribution is 2.42. The maximum absolute atomic E-state index is 10.6. The second kappa shape index (κ2) is 4.56. The van der Waals surface area contributed by atoms with Crippen molar-refractivity contribution in [2.75, 3.05) is 0 Å². The summed E-state index contributed by atoms with van der Waals surface area (Å²) in [7, 11) is 0. The summed E-state index contributed by atoms with van der Waals surface area (Å²) in [4.78, 5) is 0. The van der Waals surface area contributed by atoms with Crippen LogP contribution in [0.4, 0.5) is 0 Å². The standard InChI is InChI=1S/C13H16Cl2O/c1-9-4-6-13(16,7-5-9)11-8-10(14)2-3-12(11)15/h2-3,8-9,16H,4-7H2,1H3. The molecular formula is C13H16Cl2O. The maximum Gasteiger partial charge on any atom is 0.0911 e. The van der Waals surface area contributed by atoms with E-state index < -0.39 is 5.60 Å². The van der Waals surface area contributed by atoms with Gasteiger partial charge in [0.15, 0.2) is 0 Å². The van der Waals surface area contributed by atoms with Gasteiger partial charge in [-0.3, -0.25) is 0 Å². The number of hydrogen-bond donors (Lipinski definition) is 1. The first-order valence-corrected chi connectivity index (χ1v) is 6.45. The predicted molar refractivity (Wildman–Crippen MR) is 68.0 cm³/mol. The van der Waals surface area contributed by atoms with E-state index in [0.29, 0.717) is 16.0 Å². The van der Waals surface area contributed by atoms with Gasteiger partial charge in [0.2, 0.25) is 0 Å². The third-order valence-electron chi connectivity index (χ3n) is 3.53. The molecule has 0 amide bonds. The predicted octanol–water partition coefficient (Wildman–Crippen LogP) is 4.39. The summed E-state index contributed by atoms with van der Waals surface area (Å²) in [5.74, 6) is 0.693. The summed E-state index contributed by atoms with van der Waals surface area (Å²) in [6, 6.07) is 5.30. The number of rotatable bonds is 1. The molecule has 1 aromatic rings. The van der Waals surface area contributed by atoms with Crippen LogP contribution in [0.5, 0.6) is 0 Å². The Morgan fingerprint density at radius 3 is 2.50 bits per heavy atom. The average molecular weight is 259 g/mol. The van der Waals surface area contributed by atoms with Crippen molar-refractivity contribution in [3.8, 4) is 0 Å². The van der Waals surface area contributed by atoms with E-state index in [4.69, 9.17) is 23.2 Å². The minimum atomic E-state index is -0.783. The molecule has 1 aliphatic carbocycles. The molecule has 1 fully saturated rings. The fraction of sp³-hybridized carbons (Fsp3) is 0.538. The summed E-state index contributed by atoms with van der Waals surface area (Å²) < 4.78 is 0. The zero-order valence-corrected chi connectivity index (χ0v) is 10.9. The van der Waals surface area contributed by atoms with Gasteiger partial charge >= 0.3 is 0 Å². The monoisotopic (exact) mass is 258 g/mol. The van der Waals surface area contributed by atoms with Gasteiger partial charge in [-0.25, -0.2) is 0 Å². The Kier molecular flexibility index (Phi) is 3.48. The third-order valence-corrected chi connectivity index (χ3v) is 4.10. The van der Waals surface area contributed by atoms with Crippen LogP contribution in [0.15, 0.2) is 18.2 Å². The number of hydrogen-bond acceptors (Lipinski definition) is 1. The minimum absolute atomic E-state index is 0.612. The van der Waals surface area contributed by atoms with Crippen LogP contribution in [0.25, 0.3) is 0 Å². The van der Waals surface area contributed by atoms with Crippen molar-refractivity contribution in [1.29, 1.82) is 0 Å². The second-order valence-electron chi connectivity index (χ2n) is 4.84. The molecule has 1 aromatic carbocycles.